The highest BCUT2D eigenvalue weighted by atomic mass is 16.4. The van der Waals surface area contributed by atoms with E-state index in [9.17, 15) is 9.59 Å². The highest BCUT2D eigenvalue weighted by Crippen LogP contribution is 2.55. The van der Waals surface area contributed by atoms with Crippen LogP contribution >= 0.6 is 0 Å². The van der Waals surface area contributed by atoms with Gasteiger partial charge in [0.2, 0.25) is 5.91 Å². The fourth-order valence-corrected chi connectivity index (χ4v) is 5.92. The molecule has 1 heterocycles. The molecule has 0 fully saturated rings. The van der Waals surface area contributed by atoms with Crippen molar-refractivity contribution in [3.8, 4) is 0 Å². The third-order valence-electron chi connectivity index (χ3n) is 7.34. The fraction of sp³-hybridized carbons (Fsp3) is 0.286. The molecule has 0 radical (unpaired) electrons. The second-order valence-electron chi connectivity index (χ2n) is 9.18. The van der Waals surface area contributed by atoms with Gasteiger partial charge in [-0.25, -0.2) is 4.79 Å². The predicted octanol–water partition coefficient (Wildman–Crippen LogP) is 4.79. The number of aryl methyl sites for hydroxylation is 1. The Hall–Kier alpha value is -3.60. The molecule has 7 rings (SSSR count). The number of nitrogens with one attached hydrogen (secondary N) is 1. The normalized spacial score (nSPS) is 20.4. The van der Waals surface area contributed by atoms with Crippen LogP contribution in [0.3, 0.4) is 0 Å². The molecule has 2 bridgehead atoms. The minimum Gasteiger partial charge on any atom is -0.408 e. The smallest absolute Gasteiger partial charge is 0.408 e. The Morgan fingerprint density at radius 3 is 2.27 bits per heavy atom. The summed E-state index contributed by atoms with van der Waals surface area (Å²) in [6.45, 7) is 1.15. The quantitative estimate of drug-likeness (QED) is 0.471. The molecule has 3 aliphatic rings. The summed E-state index contributed by atoms with van der Waals surface area (Å²) in [6, 6.07) is 24.9. The molecule has 5 nitrogen and oxygen atoms in total. The predicted molar refractivity (Wildman–Crippen MR) is 127 cm³/mol. The lowest BCUT2D eigenvalue weighted by Gasteiger charge is -2.45. The number of para-hydroxylation sites is 2. The van der Waals surface area contributed by atoms with Crippen LogP contribution in [0.25, 0.3) is 11.1 Å². The van der Waals surface area contributed by atoms with Gasteiger partial charge in [-0.1, -0.05) is 60.7 Å². The summed E-state index contributed by atoms with van der Waals surface area (Å²) < 4.78 is 6.88. The van der Waals surface area contributed by atoms with E-state index < -0.39 is 0 Å². The molecule has 1 aromatic heterocycles. The van der Waals surface area contributed by atoms with Crippen molar-refractivity contribution in [3.05, 3.63) is 106 Å². The maximum absolute atomic E-state index is 12.6. The lowest BCUT2D eigenvalue weighted by Crippen LogP contribution is -2.39. The van der Waals surface area contributed by atoms with E-state index in [4.69, 9.17) is 4.42 Å². The van der Waals surface area contributed by atoms with Gasteiger partial charge >= 0.3 is 5.76 Å². The summed E-state index contributed by atoms with van der Waals surface area (Å²) in [7, 11) is 0. The molecule has 0 spiro atoms. The van der Waals surface area contributed by atoms with E-state index >= 15 is 0 Å². The highest BCUT2D eigenvalue weighted by molar-refractivity contribution is 5.76. The number of aromatic nitrogens is 1. The summed E-state index contributed by atoms with van der Waals surface area (Å²) in [5, 5.41) is 3.18. The minimum atomic E-state index is -0.368. The Kier molecular flexibility index (Phi) is 4.90. The average molecular weight is 439 g/mol. The van der Waals surface area contributed by atoms with Gasteiger partial charge in [0.1, 0.15) is 0 Å². The topological polar surface area (TPSA) is 64.2 Å². The molecular weight excluding hydrogens is 412 g/mol. The van der Waals surface area contributed by atoms with Crippen LogP contribution in [0.1, 0.15) is 53.4 Å². The molecule has 166 valence electrons. The lowest BCUT2D eigenvalue weighted by atomic mass is 9.59. The molecule has 0 aliphatic heterocycles. The average Bonchev–Trinajstić information content (AvgIpc) is 3.18. The van der Waals surface area contributed by atoms with Crippen molar-refractivity contribution in [1.82, 2.24) is 9.88 Å². The number of carbonyl (C=O) groups is 1. The van der Waals surface area contributed by atoms with Gasteiger partial charge < -0.3 is 9.73 Å². The van der Waals surface area contributed by atoms with E-state index in [1.165, 1.54) is 22.3 Å². The molecular formula is C28H26N2O3. The third kappa shape index (κ3) is 3.39. The monoisotopic (exact) mass is 438 g/mol. The Labute approximate surface area is 192 Å². The second-order valence-corrected chi connectivity index (χ2v) is 9.18. The van der Waals surface area contributed by atoms with Crippen LogP contribution in [0.2, 0.25) is 0 Å². The van der Waals surface area contributed by atoms with Gasteiger partial charge in [0.25, 0.3) is 0 Å². The first-order chi connectivity index (χ1) is 16.2. The van der Waals surface area contributed by atoms with Crippen molar-refractivity contribution in [2.24, 2.45) is 5.92 Å². The van der Waals surface area contributed by atoms with Crippen LogP contribution in [0, 0.1) is 5.92 Å². The van der Waals surface area contributed by atoms with E-state index in [1.807, 2.05) is 18.2 Å². The zero-order valence-corrected chi connectivity index (χ0v) is 18.4. The molecule has 5 heteroatoms. The molecule has 1 N–H and O–H groups in total. The van der Waals surface area contributed by atoms with Crippen molar-refractivity contribution < 1.29 is 9.21 Å². The Morgan fingerprint density at radius 2 is 1.55 bits per heavy atom. The van der Waals surface area contributed by atoms with Gasteiger partial charge in [0.15, 0.2) is 5.58 Å². The number of amides is 1. The second kappa shape index (κ2) is 8.07. The Balaban J connectivity index is 1.11. The fourth-order valence-electron chi connectivity index (χ4n) is 5.92. The number of hydrogen-bond acceptors (Lipinski definition) is 3. The molecule has 0 saturated carbocycles. The zero-order chi connectivity index (χ0) is 22.4. The molecule has 0 unspecified atom stereocenters. The molecule has 0 saturated heterocycles. The van der Waals surface area contributed by atoms with Gasteiger partial charge in [-0.05, 0) is 53.1 Å². The van der Waals surface area contributed by atoms with Crippen LogP contribution in [0.4, 0.5) is 0 Å². The number of fused-ring (bicyclic) bond motifs is 2. The van der Waals surface area contributed by atoms with Gasteiger partial charge in [-0.15, -0.1) is 0 Å². The van der Waals surface area contributed by atoms with Gasteiger partial charge in [-0.2, -0.15) is 0 Å². The molecule has 4 aromatic rings. The van der Waals surface area contributed by atoms with E-state index in [-0.39, 0.29) is 11.7 Å². The van der Waals surface area contributed by atoms with Crippen molar-refractivity contribution >= 4 is 17.0 Å². The lowest BCUT2D eigenvalue weighted by molar-refractivity contribution is -0.121. The maximum Gasteiger partial charge on any atom is 0.419 e. The zero-order valence-electron chi connectivity index (χ0n) is 18.4. The van der Waals surface area contributed by atoms with Gasteiger partial charge in [0, 0.05) is 31.3 Å². The highest BCUT2D eigenvalue weighted by Gasteiger charge is 2.42. The van der Waals surface area contributed by atoms with Crippen LogP contribution in [-0.4, -0.2) is 17.0 Å². The first-order valence-electron chi connectivity index (χ1n) is 11.7. The van der Waals surface area contributed by atoms with Crippen molar-refractivity contribution in [2.75, 3.05) is 6.54 Å². The summed E-state index contributed by atoms with van der Waals surface area (Å²) in [5.74, 6) is 0.805. The number of rotatable bonds is 6. The van der Waals surface area contributed by atoms with E-state index in [2.05, 4.69) is 53.8 Å². The third-order valence-corrected chi connectivity index (χ3v) is 7.34. The Morgan fingerprint density at radius 1 is 0.909 bits per heavy atom. The number of carbonyl (C=O) groups excluding carboxylic acids is 1. The van der Waals surface area contributed by atoms with Crippen LogP contribution in [0.15, 0.2) is 82.0 Å². The number of nitrogens with zero attached hydrogens (tertiary/aromatic N) is 1. The first-order valence-corrected chi connectivity index (χ1v) is 11.7. The first kappa shape index (κ1) is 20.0. The molecule has 1 amide bonds. The van der Waals surface area contributed by atoms with Crippen molar-refractivity contribution in [2.45, 2.75) is 37.6 Å². The number of hydrogen-bond donors (Lipinski definition) is 1. The van der Waals surface area contributed by atoms with E-state index in [0.29, 0.717) is 49.3 Å². The molecule has 3 aliphatic carbocycles. The number of oxazole rings is 1. The van der Waals surface area contributed by atoms with E-state index in [1.54, 1.807) is 10.6 Å². The minimum absolute atomic E-state index is 0.0406. The number of benzene rings is 3. The molecule has 33 heavy (non-hydrogen) atoms. The van der Waals surface area contributed by atoms with Gasteiger partial charge in [0.05, 0.1) is 5.52 Å². The summed E-state index contributed by atoms with van der Waals surface area (Å²) in [4.78, 5) is 24.8. The molecule has 3 aromatic carbocycles. The standard InChI is InChI=1S/C28H26N2O3/c31-26(14-7-15-30-24-12-5-6-13-25(24)33-28(30)32)29-17-18-16-23-19-8-1-3-10-21(19)27(18)22-11-4-2-9-20(22)23/h1-6,8-13,18,23,27H,7,14-17H2,(H,29,31)/t18-,23?,27?/m0/s1. The van der Waals surface area contributed by atoms with Crippen LogP contribution in [-0.2, 0) is 11.3 Å². The van der Waals surface area contributed by atoms with Crippen molar-refractivity contribution in [1.29, 1.82) is 0 Å². The SMILES string of the molecule is O=C(CCCn1c(=O)oc2ccccc21)NC[C@@H]1CC2c3ccccc3C1c1ccccc12. The van der Waals surface area contributed by atoms with Crippen LogP contribution < -0.4 is 11.1 Å². The summed E-state index contributed by atoms with van der Waals surface area (Å²) >= 11 is 0. The van der Waals surface area contributed by atoms with E-state index in [0.717, 1.165) is 11.9 Å². The maximum atomic E-state index is 12.6. The Bertz CT molecular complexity index is 1350. The molecule has 1 atom stereocenters. The van der Waals surface area contributed by atoms with Gasteiger partial charge in [-0.3, -0.25) is 9.36 Å². The van der Waals surface area contributed by atoms with Crippen molar-refractivity contribution in [3.63, 3.8) is 0 Å². The summed E-state index contributed by atoms with van der Waals surface area (Å²) in [6.07, 6.45) is 2.05. The summed E-state index contributed by atoms with van der Waals surface area (Å²) in [5.41, 5.74) is 7.08. The largest absolute Gasteiger partial charge is 0.419 e. The van der Waals surface area contributed by atoms with Crippen LogP contribution in [0.5, 0.6) is 0 Å².